The lowest BCUT2D eigenvalue weighted by Gasteiger charge is -2.23. The Morgan fingerprint density at radius 1 is 0.667 bits per heavy atom. The standard InChI is InChI=1S/C3N3O6P3/c4-1-13(7)10-14(8,2-5)12-15(9,3-6)11-13/i1+1,2+1,3+1. The number of hydrogen-bond donors (Lipinski definition) is 0. The van der Waals surface area contributed by atoms with Gasteiger partial charge in [0.15, 0.2) is 17.4 Å². The van der Waals surface area contributed by atoms with Gasteiger partial charge in [-0.15, -0.1) is 0 Å². The first-order chi connectivity index (χ1) is 6.80. The van der Waals surface area contributed by atoms with Crippen molar-refractivity contribution < 1.29 is 26.6 Å². The second-order valence-electron chi connectivity index (χ2n) is 2.04. The lowest BCUT2D eigenvalue weighted by atomic mass is 12.7. The summed E-state index contributed by atoms with van der Waals surface area (Å²) in [6.07, 6.45) is 0. The first kappa shape index (κ1) is 12.1. The Morgan fingerprint density at radius 2 is 0.867 bits per heavy atom. The third-order valence-electron chi connectivity index (χ3n) is 1.01. The van der Waals surface area contributed by atoms with Gasteiger partial charge in [-0.05, 0) is 0 Å². The van der Waals surface area contributed by atoms with Gasteiger partial charge in [-0.3, -0.25) is 0 Å². The van der Waals surface area contributed by atoms with Crippen LogP contribution < -0.4 is 0 Å². The van der Waals surface area contributed by atoms with Gasteiger partial charge in [0.05, 0.1) is 0 Å². The minimum Gasteiger partial charge on any atom is -0.242 e. The highest BCUT2D eigenvalue weighted by atomic mass is 31.3. The van der Waals surface area contributed by atoms with Crippen molar-refractivity contribution in [1.29, 1.82) is 15.8 Å². The van der Waals surface area contributed by atoms with Crippen LogP contribution in [0.25, 0.3) is 0 Å². The van der Waals surface area contributed by atoms with Crippen molar-refractivity contribution in [2.45, 2.75) is 0 Å². The second-order valence-corrected chi connectivity index (χ2v) is 7.58. The molecule has 12 heteroatoms. The summed E-state index contributed by atoms with van der Waals surface area (Å²) in [4.78, 5) is 0. The number of nitrogens with zero attached hydrogens (tertiary/aromatic N) is 3. The largest absolute Gasteiger partial charge is 0.447 e. The molecule has 0 aromatic rings. The van der Waals surface area contributed by atoms with E-state index in [2.05, 4.69) is 12.9 Å². The van der Waals surface area contributed by atoms with E-state index in [1.54, 1.807) is 0 Å². The summed E-state index contributed by atoms with van der Waals surface area (Å²) >= 11 is 0. The molecule has 0 N–H and O–H groups in total. The SMILES string of the molecule is N#[13C]P1(=O)OP(=O)([13C]#N)OP(=O)([13C]#N)O1. The fraction of sp³-hybridized carbons (Fsp3) is 0. The zero-order valence-corrected chi connectivity index (χ0v) is 9.32. The van der Waals surface area contributed by atoms with E-state index in [9.17, 15) is 13.7 Å². The van der Waals surface area contributed by atoms with Crippen LogP contribution in [-0.2, 0) is 26.6 Å². The van der Waals surface area contributed by atoms with Gasteiger partial charge in [-0.2, -0.15) is 15.8 Å². The molecule has 1 fully saturated rings. The summed E-state index contributed by atoms with van der Waals surface area (Å²) in [5, 5.41) is 25.0. The van der Waals surface area contributed by atoms with E-state index >= 15 is 0 Å². The number of rotatable bonds is 0. The molecular formula is C3N3O6P3. The normalized spacial score (nSPS) is 44.6. The highest BCUT2D eigenvalue weighted by Crippen LogP contribution is 2.81. The maximum Gasteiger partial charge on any atom is 0.447 e. The molecule has 78 valence electrons. The van der Waals surface area contributed by atoms with Crippen LogP contribution in [-0.4, -0.2) is 0 Å². The third-order valence-corrected chi connectivity index (χ3v) is 6.91. The topological polar surface area (TPSA) is 150 Å². The van der Waals surface area contributed by atoms with Crippen LogP contribution >= 0.6 is 22.8 Å². The summed E-state index contributed by atoms with van der Waals surface area (Å²) < 4.78 is 45.6. The van der Waals surface area contributed by atoms with Crippen LogP contribution in [0.3, 0.4) is 0 Å². The zero-order valence-electron chi connectivity index (χ0n) is 6.63. The molecule has 0 aromatic carbocycles. The second kappa shape index (κ2) is 3.56. The Morgan fingerprint density at radius 3 is 1.00 bits per heavy atom. The molecule has 0 aromatic heterocycles. The molecular weight excluding hydrogens is 270 g/mol. The predicted octanol–water partition coefficient (Wildman–Crippen LogP) is 2.07. The molecule has 0 unspecified atom stereocenters. The average Bonchev–Trinajstić information content (AvgIpc) is 2.16. The Balaban J connectivity index is 3.32. The maximum atomic E-state index is 11.2. The predicted molar refractivity (Wildman–Crippen MR) is 42.9 cm³/mol. The van der Waals surface area contributed by atoms with Crippen LogP contribution in [0.5, 0.6) is 0 Å². The van der Waals surface area contributed by atoms with Crippen molar-refractivity contribution in [2.24, 2.45) is 0 Å². The Hall–Kier alpha value is -0.960. The van der Waals surface area contributed by atoms with Gasteiger partial charge in [0.2, 0.25) is 0 Å². The molecule has 0 aliphatic carbocycles. The van der Waals surface area contributed by atoms with Crippen LogP contribution in [0.15, 0.2) is 0 Å². The first-order valence-electron chi connectivity index (χ1n) is 2.98. The van der Waals surface area contributed by atoms with E-state index in [-0.39, 0.29) is 0 Å². The molecule has 0 radical (unpaired) electrons. The van der Waals surface area contributed by atoms with Crippen molar-refractivity contribution in [3.05, 3.63) is 0 Å². The summed E-state index contributed by atoms with van der Waals surface area (Å²) in [5.74, 6) is 2.83. The van der Waals surface area contributed by atoms with Gasteiger partial charge >= 0.3 is 22.8 Å². The van der Waals surface area contributed by atoms with Crippen LogP contribution in [0.4, 0.5) is 0 Å². The van der Waals surface area contributed by atoms with Crippen LogP contribution in [0, 0.1) is 33.2 Å². The van der Waals surface area contributed by atoms with E-state index in [0.717, 1.165) is 17.4 Å². The molecule has 1 aliphatic rings. The van der Waals surface area contributed by atoms with Crippen molar-refractivity contribution >= 4 is 22.8 Å². The number of nitriles is 3. The van der Waals surface area contributed by atoms with Crippen molar-refractivity contribution in [3.8, 4) is 17.4 Å². The van der Waals surface area contributed by atoms with Gasteiger partial charge in [-0.25, -0.2) is 26.6 Å². The Bertz CT molecular complexity index is 462. The third kappa shape index (κ3) is 2.34. The summed E-state index contributed by atoms with van der Waals surface area (Å²) in [6, 6.07) is 0. The molecule has 0 saturated carbocycles. The minimum atomic E-state index is -4.66. The van der Waals surface area contributed by atoms with Crippen LogP contribution in [0.1, 0.15) is 0 Å². The zero-order chi connectivity index (χ0) is 11.7. The summed E-state index contributed by atoms with van der Waals surface area (Å²) in [6.45, 7) is 0. The quantitative estimate of drug-likeness (QED) is 0.475. The van der Waals surface area contributed by atoms with Gasteiger partial charge in [0, 0.05) is 0 Å². The highest BCUT2D eigenvalue weighted by Gasteiger charge is 2.54. The number of hydrogen-bond acceptors (Lipinski definition) is 9. The molecule has 1 saturated heterocycles. The van der Waals surface area contributed by atoms with Crippen molar-refractivity contribution in [1.82, 2.24) is 0 Å². The lowest BCUT2D eigenvalue weighted by Crippen LogP contribution is -2.01. The summed E-state index contributed by atoms with van der Waals surface area (Å²) in [7, 11) is -14.0. The van der Waals surface area contributed by atoms with E-state index in [0.29, 0.717) is 0 Å². The fourth-order valence-corrected chi connectivity index (χ4v) is 6.01. The smallest absolute Gasteiger partial charge is 0.242 e. The molecule has 1 heterocycles. The lowest BCUT2D eigenvalue weighted by molar-refractivity contribution is 0.298. The highest BCUT2D eigenvalue weighted by molar-refractivity contribution is 7.84. The van der Waals surface area contributed by atoms with Gasteiger partial charge < -0.3 is 0 Å². The van der Waals surface area contributed by atoms with E-state index in [1.165, 1.54) is 0 Å². The molecule has 0 atom stereocenters. The maximum absolute atomic E-state index is 11.2. The van der Waals surface area contributed by atoms with E-state index < -0.39 is 22.8 Å². The molecule has 1 rings (SSSR count). The molecule has 0 spiro atoms. The molecule has 0 bridgehead atoms. The molecule has 0 amide bonds. The van der Waals surface area contributed by atoms with Gasteiger partial charge in [0.1, 0.15) is 0 Å². The minimum absolute atomic E-state index is 0.944. The van der Waals surface area contributed by atoms with E-state index in [1.807, 2.05) is 0 Å². The Kier molecular flexibility index (Phi) is 2.88. The molecule has 9 nitrogen and oxygen atoms in total. The van der Waals surface area contributed by atoms with Gasteiger partial charge in [-0.1, -0.05) is 0 Å². The monoisotopic (exact) mass is 270 g/mol. The molecule has 15 heavy (non-hydrogen) atoms. The first-order valence-corrected chi connectivity index (χ1v) is 7.61. The fourth-order valence-electron chi connectivity index (χ4n) is 0.579. The average molecular weight is 270 g/mol. The molecule has 1 aliphatic heterocycles. The van der Waals surface area contributed by atoms with Crippen molar-refractivity contribution in [3.63, 3.8) is 0 Å². The van der Waals surface area contributed by atoms with E-state index in [4.69, 9.17) is 15.8 Å². The Labute approximate surface area is 83.4 Å². The van der Waals surface area contributed by atoms with Crippen LogP contribution in [0.2, 0.25) is 0 Å². The van der Waals surface area contributed by atoms with Crippen molar-refractivity contribution in [2.75, 3.05) is 0 Å². The summed E-state index contributed by atoms with van der Waals surface area (Å²) in [5.41, 5.74) is 0. The van der Waals surface area contributed by atoms with Gasteiger partial charge in [0.25, 0.3) is 0 Å².